The van der Waals surface area contributed by atoms with E-state index in [4.69, 9.17) is 4.74 Å². The van der Waals surface area contributed by atoms with Crippen LogP contribution in [0.2, 0.25) is 0 Å². The summed E-state index contributed by atoms with van der Waals surface area (Å²) in [5.74, 6) is -2.73. The van der Waals surface area contributed by atoms with Crippen molar-refractivity contribution in [2.24, 2.45) is 17.3 Å². The summed E-state index contributed by atoms with van der Waals surface area (Å²) in [5, 5.41) is 9.83. The van der Waals surface area contributed by atoms with Gasteiger partial charge in [-0.25, -0.2) is 18.2 Å². The highest BCUT2D eigenvalue weighted by atomic mass is 32.2. The molecule has 17 heteroatoms. The van der Waals surface area contributed by atoms with Crippen molar-refractivity contribution < 1.29 is 41.9 Å². The van der Waals surface area contributed by atoms with Gasteiger partial charge in [-0.1, -0.05) is 36.8 Å². The van der Waals surface area contributed by atoms with E-state index >= 15 is 0 Å². The summed E-state index contributed by atoms with van der Waals surface area (Å²) in [4.78, 5) is 86.2. The number of hydrogen-bond donors (Lipinski definition) is 4. The summed E-state index contributed by atoms with van der Waals surface area (Å²) in [6, 6.07) is 6.62. The van der Waals surface area contributed by atoms with Gasteiger partial charge in [-0.05, 0) is 68.5 Å². The molecule has 3 aliphatic heterocycles. The monoisotopic (exact) mass is 848 g/mol. The second-order valence-corrected chi connectivity index (χ2v) is 19.8. The molecule has 5 amide bonds. The van der Waals surface area contributed by atoms with Gasteiger partial charge >= 0.3 is 6.03 Å². The number of benzene rings is 1. The maximum Gasteiger partial charge on any atom is 0.315 e. The van der Waals surface area contributed by atoms with Gasteiger partial charge in [-0.2, -0.15) is 11.8 Å². The van der Waals surface area contributed by atoms with Gasteiger partial charge in [0.1, 0.15) is 11.9 Å². The van der Waals surface area contributed by atoms with Crippen LogP contribution in [-0.2, 0) is 34.0 Å². The Morgan fingerprint density at radius 3 is 2.66 bits per heavy atom. The van der Waals surface area contributed by atoms with Crippen LogP contribution in [0.3, 0.4) is 0 Å². The topological polar surface area (TPSA) is 210 Å². The molecular weight excluding hydrogens is 797 g/mol. The number of Topliss-reactive ketones (excluding diaryl/α,β-unsaturated/α-hetero) is 2. The number of thioether (sulfide) groups is 1. The normalized spacial score (nSPS) is 27.5. The largest absolute Gasteiger partial charge is 0.472 e. The molecule has 2 saturated carbocycles. The third kappa shape index (κ3) is 9.51. The van der Waals surface area contributed by atoms with Crippen molar-refractivity contribution >= 4 is 67.9 Å². The number of amides is 5. The van der Waals surface area contributed by atoms with Gasteiger partial charge in [0.25, 0.3) is 0 Å². The summed E-state index contributed by atoms with van der Waals surface area (Å²) >= 11 is 1.80. The number of nitrogens with one attached hydrogen (secondary N) is 4. The van der Waals surface area contributed by atoms with Crippen LogP contribution in [0, 0.1) is 24.2 Å². The highest BCUT2D eigenvalue weighted by Crippen LogP contribution is 2.57. The van der Waals surface area contributed by atoms with E-state index in [0.717, 1.165) is 41.0 Å². The van der Waals surface area contributed by atoms with Crippen LogP contribution in [0.15, 0.2) is 55.8 Å². The lowest BCUT2D eigenvalue weighted by atomic mass is 9.91. The molecule has 1 aromatic heterocycles. The molecule has 8 atom stereocenters. The summed E-state index contributed by atoms with van der Waals surface area (Å²) < 4.78 is 34.2. The van der Waals surface area contributed by atoms with E-state index in [9.17, 15) is 37.2 Å². The molecule has 316 valence electrons. The summed E-state index contributed by atoms with van der Waals surface area (Å²) in [5.41, 5.74) is -0.292. The van der Waals surface area contributed by atoms with E-state index in [1.54, 1.807) is 24.0 Å². The molecule has 4 N–H and O–H groups in total. The van der Waals surface area contributed by atoms with E-state index in [0.29, 0.717) is 25.1 Å². The van der Waals surface area contributed by atoms with Gasteiger partial charge in [0, 0.05) is 54.8 Å². The van der Waals surface area contributed by atoms with Crippen molar-refractivity contribution in [3.63, 3.8) is 0 Å². The minimum absolute atomic E-state index is 0.0357. The predicted octanol–water partition coefficient (Wildman–Crippen LogP) is 3.25. The molecule has 7 rings (SSSR count). The number of likely N-dealkylation sites (tertiary alicyclic amines) is 1. The van der Waals surface area contributed by atoms with Gasteiger partial charge in [0.05, 0.1) is 41.3 Å². The first-order chi connectivity index (χ1) is 28.2. The van der Waals surface area contributed by atoms with E-state index < -0.39 is 68.2 Å². The Morgan fingerprint density at radius 2 is 1.93 bits per heavy atom. The number of pyridine rings is 1. The fourth-order valence-electron chi connectivity index (χ4n) is 8.73. The van der Waals surface area contributed by atoms with Crippen LogP contribution in [0.25, 0.3) is 10.8 Å². The van der Waals surface area contributed by atoms with E-state index in [2.05, 4.69) is 38.8 Å². The van der Waals surface area contributed by atoms with E-state index in [1.165, 1.54) is 4.90 Å². The third-order valence-electron chi connectivity index (χ3n) is 12.3. The zero-order chi connectivity index (χ0) is 42.1. The SMILES string of the molecule is C=CC(=O)NC[C@H](CC(=O)CCCCC1SC[C@H]2NC(=O)N[C@@H]12)C(=O)N1C[C@H](Oc2nccc3cc(C)ccc23)C[C@H]1C(=O)C[C@]1(C(=O)NS(=O)(=O)C2CC2)C[C@H]1C=C. The Hall–Kier alpha value is -4.77. The van der Waals surface area contributed by atoms with Gasteiger partial charge in [-0.3, -0.25) is 28.7 Å². The Kier molecular flexibility index (Phi) is 12.5. The Morgan fingerprint density at radius 1 is 1.14 bits per heavy atom. The third-order valence-corrected chi connectivity index (χ3v) is 15.6. The first-order valence-corrected chi connectivity index (χ1v) is 22.9. The second-order valence-electron chi connectivity index (χ2n) is 16.6. The molecule has 5 aliphatic rings. The fourth-order valence-corrected chi connectivity index (χ4v) is 11.7. The van der Waals surface area contributed by atoms with Crippen molar-refractivity contribution in [1.29, 1.82) is 0 Å². The zero-order valence-corrected chi connectivity index (χ0v) is 34.8. The first kappa shape index (κ1) is 42.4. The molecule has 1 aromatic carbocycles. The van der Waals surface area contributed by atoms with Crippen molar-refractivity contribution in [1.82, 2.24) is 30.6 Å². The van der Waals surface area contributed by atoms with E-state index in [1.807, 2.05) is 31.2 Å². The number of rotatable bonds is 20. The van der Waals surface area contributed by atoms with E-state index in [-0.39, 0.29) is 74.3 Å². The molecular formula is C42H52N6O9S2. The Bertz CT molecular complexity index is 2160. The Labute approximate surface area is 348 Å². The van der Waals surface area contributed by atoms with Crippen molar-refractivity contribution in [2.45, 2.75) is 106 Å². The van der Waals surface area contributed by atoms with Gasteiger partial charge in [0.15, 0.2) is 5.78 Å². The average Bonchev–Trinajstić information content (AvgIpc) is 4.07. The van der Waals surface area contributed by atoms with Crippen LogP contribution in [-0.4, -0.2) is 107 Å². The number of ether oxygens (including phenoxy) is 1. The lowest BCUT2D eigenvalue weighted by molar-refractivity contribution is -0.143. The predicted molar refractivity (Wildman–Crippen MR) is 222 cm³/mol. The fraction of sp³-hybridized carbons (Fsp3) is 0.548. The first-order valence-electron chi connectivity index (χ1n) is 20.4. The number of aromatic nitrogens is 1. The number of fused-ring (bicyclic) bond motifs is 2. The number of unbranched alkanes of at least 4 members (excludes halogenated alkanes) is 1. The number of ketones is 2. The number of carbonyl (C=O) groups excluding carboxylic acids is 6. The number of sulfonamides is 1. The van der Waals surface area contributed by atoms with Gasteiger partial charge < -0.3 is 25.6 Å². The molecule has 4 heterocycles. The molecule has 0 radical (unpaired) electrons. The molecule has 1 unspecified atom stereocenters. The van der Waals surface area contributed by atoms with Crippen molar-refractivity contribution in [3.8, 4) is 5.88 Å². The minimum atomic E-state index is -3.89. The lowest BCUT2D eigenvalue weighted by Crippen LogP contribution is -2.48. The van der Waals surface area contributed by atoms with Crippen LogP contribution >= 0.6 is 11.8 Å². The summed E-state index contributed by atoms with van der Waals surface area (Å²) in [6.45, 7) is 9.06. The number of aryl methyl sites for hydroxylation is 1. The highest BCUT2D eigenvalue weighted by molar-refractivity contribution is 8.00. The van der Waals surface area contributed by atoms with Crippen LogP contribution < -0.4 is 25.4 Å². The molecule has 2 aliphatic carbocycles. The van der Waals surface area contributed by atoms with Crippen molar-refractivity contribution in [3.05, 3.63) is 61.3 Å². The molecule has 15 nitrogen and oxygen atoms in total. The molecule has 3 saturated heterocycles. The molecule has 0 spiro atoms. The minimum Gasteiger partial charge on any atom is -0.472 e. The number of allylic oxidation sites excluding steroid dienone is 1. The quantitative estimate of drug-likeness (QED) is 0.0658. The molecule has 5 fully saturated rings. The maximum atomic E-state index is 14.6. The number of urea groups is 1. The zero-order valence-electron chi connectivity index (χ0n) is 33.2. The smallest absolute Gasteiger partial charge is 0.315 e. The van der Waals surface area contributed by atoms with Gasteiger partial charge in [-0.15, -0.1) is 6.58 Å². The van der Waals surface area contributed by atoms with Crippen LogP contribution in [0.4, 0.5) is 4.79 Å². The number of hydrogen-bond acceptors (Lipinski definition) is 11. The van der Waals surface area contributed by atoms with Crippen molar-refractivity contribution in [2.75, 3.05) is 18.8 Å². The maximum absolute atomic E-state index is 14.6. The average molecular weight is 849 g/mol. The van der Waals surface area contributed by atoms with Crippen LogP contribution in [0.1, 0.15) is 69.8 Å². The molecule has 0 bridgehead atoms. The Balaban J connectivity index is 1.08. The van der Waals surface area contributed by atoms with Gasteiger partial charge in [0.2, 0.25) is 33.6 Å². The summed E-state index contributed by atoms with van der Waals surface area (Å²) in [6.07, 6.45) is 6.59. The standard InChI is InChI=1S/C42H52N6O9S2/c1-4-27-19-42(27,40(53)47-59(55,56)30-11-12-30)20-34(50)33-18-29(57-38-31-13-10-24(3)16-25(31)14-15-43-38)22-48(33)39(52)26(21-44-36(51)5-2)17-28(49)8-6-7-9-35-37-32(23-58-35)45-41(54)46-37/h4-5,10,13-16,26-27,29-30,32-33,35,37H,1-2,6-9,11-12,17-23H2,3H3,(H,44,51)(H,47,53)(H2,45,46,54)/t26-,27+,29+,32+,33-,35?,37+,42+/m0/s1. The number of carbonyl (C=O) groups is 6. The van der Waals surface area contributed by atoms with Crippen LogP contribution in [0.5, 0.6) is 5.88 Å². The lowest BCUT2D eigenvalue weighted by Gasteiger charge is -2.29. The molecule has 2 aromatic rings. The highest BCUT2D eigenvalue weighted by Gasteiger charge is 2.61. The number of nitrogens with zero attached hydrogens (tertiary/aromatic N) is 2. The second kappa shape index (κ2) is 17.4. The molecule has 59 heavy (non-hydrogen) atoms. The summed E-state index contributed by atoms with van der Waals surface area (Å²) in [7, 11) is -3.89.